The molecule has 0 unspecified atom stereocenters. The zero-order chi connectivity index (χ0) is 13.9. The van der Waals surface area contributed by atoms with Crippen LogP contribution in [0.15, 0.2) is 24.3 Å². The third-order valence-electron chi connectivity index (χ3n) is 5.24. The predicted octanol–water partition coefficient (Wildman–Crippen LogP) is 2.23. The molecule has 3 aliphatic rings. The topological polar surface area (TPSA) is 46.6 Å². The monoisotopic (exact) mass is 271 g/mol. The first-order chi connectivity index (χ1) is 9.70. The lowest BCUT2D eigenvalue weighted by atomic mass is 9.81. The first-order valence-electron chi connectivity index (χ1n) is 7.22. The highest BCUT2D eigenvalue weighted by atomic mass is 16.5. The summed E-state index contributed by atoms with van der Waals surface area (Å²) in [5.41, 5.74) is 0.646. The molecule has 4 heteroatoms. The average Bonchev–Trinajstić information content (AvgIpc) is 3.13. The predicted molar refractivity (Wildman–Crippen MR) is 73.3 cm³/mol. The van der Waals surface area contributed by atoms with Gasteiger partial charge in [-0.15, -0.1) is 0 Å². The van der Waals surface area contributed by atoms with Crippen LogP contribution in [0.2, 0.25) is 0 Å². The molecule has 3 fully saturated rings. The van der Waals surface area contributed by atoms with Crippen molar-refractivity contribution >= 4 is 17.5 Å². The molecule has 0 radical (unpaired) electrons. The maximum atomic E-state index is 12.7. The molecule has 1 heterocycles. The second-order valence-electron chi connectivity index (χ2n) is 6.10. The summed E-state index contributed by atoms with van der Waals surface area (Å²) in [6.45, 7) is 0. The van der Waals surface area contributed by atoms with Crippen LogP contribution in [-0.2, 0) is 9.59 Å². The Morgan fingerprint density at radius 1 is 1.10 bits per heavy atom. The highest BCUT2D eigenvalue weighted by molar-refractivity contribution is 6.22. The maximum absolute atomic E-state index is 12.7. The van der Waals surface area contributed by atoms with E-state index in [0.29, 0.717) is 23.3 Å². The van der Waals surface area contributed by atoms with E-state index in [1.807, 2.05) is 12.1 Å². The van der Waals surface area contributed by atoms with E-state index in [1.165, 1.54) is 4.90 Å². The van der Waals surface area contributed by atoms with Gasteiger partial charge in [0.25, 0.3) is 0 Å². The standard InChI is InChI=1S/C16H17NO3/c1-20-12-4-2-3-11(8-12)17-15(18)13-9-5-6-10(7-9)14(13)16(17)19/h2-4,8-10,13-14H,5-7H2,1H3/t9-,10+,13+,14-. The van der Waals surface area contributed by atoms with E-state index in [1.54, 1.807) is 19.2 Å². The molecule has 4 atom stereocenters. The van der Waals surface area contributed by atoms with Crippen molar-refractivity contribution < 1.29 is 14.3 Å². The second-order valence-corrected chi connectivity index (χ2v) is 6.10. The highest BCUT2D eigenvalue weighted by Gasteiger charge is 2.61. The van der Waals surface area contributed by atoms with E-state index in [2.05, 4.69) is 0 Å². The number of rotatable bonds is 2. The number of nitrogens with zero attached hydrogens (tertiary/aromatic N) is 1. The van der Waals surface area contributed by atoms with E-state index >= 15 is 0 Å². The van der Waals surface area contributed by atoms with Crippen molar-refractivity contribution in [2.75, 3.05) is 12.0 Å². The van der Waals surface area contributed by atoms with Gasteiger partial charge in [0, 0.05) is 6.07 Å². The molecule has 104 valence electrons. The van der Waals surface area contributed by atoms with Crippen LogP contribution in [0.25, 0.3) is 0 Å². The number of amides is 2. The van der Waals surface area contributed by atoms with Crippen LogP contribution in [0.3, 0.4) is 0 Å². The van der Waals surface area contributed by atoms with E-state index in [-0.39, 0.29) is 23.7 Å². The summed E-state index contributed by atoms with van der Waals surface area (Å²) < 4.78 is 5.18. The molecule has 2 saturated carbocycles. The van der Waals surface area contributed by atoms with Gasteiger partial charge in [0.15, 0.2) is 0 Å². The van der Waals surface area contributed by atoms with Crippen molar-refractivity contribution in [2.24, 2.45) is 23.7 Å². The number of fused-ring (bicyclic) bond motifs is 5. The Morgan fingerprint density at radius 2 is 1.75 bits per heavy atom. The third kappa shape index (κ3) is 1.42. The van der Waals surface area contributed by atoms with Crippen molar-refractivity contribution in [2.45, 2.75) is 19.3 Å². The zero-order valence-electron chi connectivity index (χ0n) is 11.4. The third-order valence-corrected chi connectivity index (χ3v) is 5.24. The minimum atomic E-state index is -0.0625. The Balaban J connectivity index is 1.73. The van der Waals surface area contributed by atoms with Crippen molar-refractivity contribution in [1.29, 1.82) is 0 Å². The number of benzene rings is 1. The van der Waals surface area contributed by atoms with Crippen LogP contribution in [0.1, 0.15) is 19.3 Å². The molecule has 2 bridgehead atoms. The minimum Gasteiger partial charge on any atom is -0.497 e. The summed E-state index contributed by atoms with van der Waals surface area (Å²) in [6, 6.07) is 7.20. The molecule has 0 N–H and O–H groups in total. The smallest absolute Gasteiger partial charge is 0.237 e. The molecule has 1 aliphatic heterocycles. The Bertz CT molecular complexity index is 569. The quantitative estimate of drug-likeness (QED) is 0.775. The van der Waals surface area contributed by atoms with Crippen LogP contribution in [0.5, 0.6) is 5.75 Å². The van der Waals surface area contributed by atoms with Crippen LogP contribution in [-0.4, -0.2) is 18.9 Å². The molecule has 2 aliphatic carbocycles. The summed E-state index contributed by atoms with van der Waals surface area (Å²) in [7, 11) is 1.59. The maximum Gasteiger partial charge on any atom is 0.237 e. The molecule has 4 nitrogen and oxygen atoms in total. The van der Waals surface area contributed by atoms with Gasteiger partial charge in [-0.25, -0.2) is 4.90 Å². The first kappa shape index (κ1) is 11.9. The first-order valence-corrected chi connectivity index (χ1v) is 7.22. The number of hydrogen-bond acceptors (Lipinski definition) is 3. The van der Waals surface area contributed by atoms with Crippen LogP contribution in [0.4, 0.5) is 5.69 Å². The molecule has 1 aromatic rings. The fourth-order valence-corrected chi connectivity index (χ4v) is 4.41. The van der Waals surface area contributed by atoms with Crippen molar-refractivity contribution in [3.05, 3.63) is 24.3 Å². The van der Waals surface area contributed by atoms with E-state index < -0.39 is 0 Å². The van der Waals surface area contributed by atoms with E-state index in [0.717, 1.165) is 19.3 Å². The van der Waals surface area contributed by atoms with E-state index in [9.17, 15) is 9.59 Å². The van der Waals surface area contributed by atoms with Gasteiger partial charge in [-0.05, 0) is 43.2 Å². The minimum absolute atomic E-state index is 0.000420. The van der Waals surface area contributed by atoms with Crippen LogP contribution in [0, 0.1) is 23.7 Å². The molecule has 0 aromatic heterocycles. The number of anilines is 1. The number of ether oxygens (including phenoxy) is 1. The second kappa shape index (κ2) is 4.08. The summed E-state index contributed by atoms with van der Waals surface area (Å²) in [4.78, 5) is 26.7. The van der Waals surface area contributed by atoms with Gasteiger partial charge in [-0.2, -0.15) is 0 Å². The molecule has 4 rings (SSSR count). The normalized spacial score (nSPS) is 34.8. The Labute approximate surface area is 117 Å². The van der Waals surface area contributed by atoms with Gasteiger partial charge in [0.05, 0.1) is 24.6 Å². The summed E-state index contributed by atoms with van der Waals surface area (Å²) in [6.07, 6.45) is 3.28. The lowest BCUT2D eigenvalue weighted by Crippen LogP contribution is -2.32. The highest BCUT2D eigenvalue weighted by Crippen LogP contribution is 2.56. The van der Waals surface area contributed by atoms with Crippen molar-refractivity contribution in [3.63, 3.8) is 0 Å². The Morgan fingerprint density at radius 3 is 2.35 bits per heavy atom. The summed E-state index contributed by atoms with van der Waals surface area (Å²) in [5, 5.41) is 0. The fraction of sp³-hybridized carbons (Fsp3) is 0.500. The summed E-state index contributed by atoms with van der Waals surface area (Å²) in [5.74, 6) is 1.40. The number of carbonyl (C=O) groups is 2. The molecule has 1 saturated heterocycles. The molecule has 20 heavy (non-hydrogen) atoms. The average molecular weight is 271 g/mol. The zero-order valence-corrected chi connectivity index (χ0v) is 11.4. The fourth-order valence-electron chi connectivity index (χ4n) is 4.41. The number of imide groups is 1. The molecular formula is C16H17NO3. The SMILES string of the molecule is COc1cccc(N2C(=O)[C@@H]3[C@H]4CC[C@H](C4)[C@@H]3C2=O)c1. The number of methoxy groups -OCH3 is 1. The number of hydrogen-bond donors (Lipinski definition) is 0. The van der Waals surface area contributed by atoms with Gasteiger partial charge in [0.2, 0.25) is 11.8 Å². The van der Waals surface area contributed by atoms with Gasteiger partial charge in [0.1, 0.15) is 5.75 Å². The van der Waals surface area contributed by atoms with Gasteiger partial charge in [-0.1, -0.05) is 6.07 Å². The van der Waals surface area contributed by atoms with Crippen molar-refractivity contribution in [1.82, 2.24) is 0 Å². The molecule has 2 amide bonds. The molecule has 0 spiro atoms. The van der Waals surface area contributed by atoms with E-state index in [4.69, 9.17) is 4.74 Å². The molecular weight excluding hydrogens is 254 g/mol. The lowest BCUT2D eigenvalue weighted by molar-refractivity contribution is -0.123. The van der Waals surface area contributed by atoms with Crippen LogP contribution < -0.4 is 9.64 Å². The number of carbonyl (C=O) groups excluding carboxylic acids is 2. The Kier molecular flexibility index (Phi) is 2.43. The van der Waals surface area contributed by atoms with Crippen LogP contribution >= 0.6 is 0 Å². The van der Waals surface area contributed by atoms with Gasteiger partial charge < -0.3 is 4.74 Å². The summed E-state index contributed by atoms with van der Waals surface area (Å²) >= 11 is 0. The van der Waals surface area contributed by atoms with Gasteiger partial charge in [-0.3, -0.25) is 9.59 Å². The Hall–Kier alpha value is -1.84. The van der Waals surface area contributed by atoms with Gasteiger partial charge >= 0.3 is 0 Å². The van der Waals surface area contributed by atoms with Crippen molar-refractivity contribution in [3.8, 4) is 5.75 Å². The largest absolute Gasteiger partial charge is 0.497 e. The molecule has 1 aromatic carbocycles. The lowest BCUT2D eigenvalue weighted by Gasteiger charge is -2.19.